The van der Waals surface area contributed by atoms with Crippen molar-refractivity contribution in [1.82, 2.24) is 0 Å². The first-order valence-electron chi connectivity index (χ1n) is 0.565. The first kappa shape index (κ1) is 16.3. The molecule has 0 aromatic carbocycles. The van der Waals surface area contributed by atoms with E-state index in [1.807, 2.05) is 0 Å². The Morgan fingerprint density at radius 1 is 1.50 bits per heavy atom. The summed E-state index contributed by atoms with van der Waals surface area (Å²) in [5.41, 5.74) is 0. The van der Waals surface area contributed by atoms with Crippen LogP contribution in [0.5, 0.6) is 0 Å². The Morgan fingerprint density at radius 2 is 1.50 bits per heavy atom. The monoisotopic (exact) mass is 175 g/mol. The average Bonchev–Trinajstić information content (AvgIpc) is 0.811. The summed E-state index contributed by atoms with van der Waals surface area (Å²) in [6, 6.07) is 0. The third kappa shape index (κ3) is 779. The Hall–Kier alpha value is 0.239. The molecule has 0 saturated heterocycles. The minimum atomic E-state index is -1.50. The van der Waals surface area contributed by atoms with Crippen molar-refractivity contribution in [3.05, 3.63) is 10.1 Å². The Labute approximate surface area is 55.0 Å². The van der Waals surface area contributed by atoms with Crippen LogP contribution in [0, 0.1) is 10.1 Å². The molecule has 6 heavy (non-hydrogen) atoms. The second-order valence-corrected chi connectivity index (χ2v) is 0.238. The Morgan fingerprint density at radius 3 is 1.50 bits per heavy atom. The van der Waals surface area contributed by atoms with Crippen molar-refractivity contribution >= 4 is 0 Å². The van der Waals surface area contributed by atoms with Crippen LogP contribution in [0.1, 0.15) is 0 Å². The van der Waals surface area contributed by atoms with E-state index in [1.54, 1.807) is 0 Å². The van der Waals surface area contributed by atoms with Gasteiger partial charge < -0.3 is 5.21 Å². The van der Waals surface area contributed by atoms with E-state index in [0.29, 0.717) is 0 Å². The maximum atomic E-state index is 8.36. The second kappa shape index (κ2) is 8.97. The van der Waals surface area contributed by atoms with E-state index in [-0.39, 0.29) is 34.1 Å². The molecular formula is HFe2NO3. The number of nitrogens with zero attached hydrogens (tertiary/aromatic N) is 1. The van der Waals surface area contributed by atoms with Gasteiger partial charge in [-0.3, -0.25) is 0 Å². The number of rotatable bonds is 0. The summed E-state index contributed by atoms with van der Waals surface area (Å²) < 4.78 is 0. The SMILES string of the molecule is O=[N+]([O-])O.[Fe].[Fe]. The topological polar surface area (TPSA) is 63.4 Å². The van der Waals surface area contributed by atoms with E-state index < -0.39 is 5.09 Å². The van der Waals surface area contributed by atoms with Crippen molar-refractivity contribution in [3.8, 4) is 0 Å². The second-order valence-electron chi connectivity index (χ2n) is 0.238. The fourth-order valence-corrected chi connectivity index (χ4v) is 0. The zero-order valence-corrected chi connectivity index (χ0v) is 4.63. The standard InChI is InChI=1S/2Fe.HNO3/c;;2-1(3)4/h;;(H,2,3,4). The van der Waals surface area contributed by atoms with Gasteiger partial charge in [0.1, 0.15) is 0 Å². The molecule has 0 aromatic heterocycles. The molecule has 0 radical (unpaired) electrons. The molecule has 0 aliphatic heterocycles. The van der Waals surface area contributed by atoms with Gasteiger partial charge in [-0.25, -0.2) is 0 Å². The van der Waals surface area contributed by atoms with E-state index in [4.69, 9.17) is 15.3 Å². The number of hydrogen-bond acceptors (Lipinski definition) is 2. The van der Waals surface area contributed by atoms with Crippen molar-refractivity contribution in [3.63, 3.8) is 0 Å². The molecule has 0 atom stereocenters. The van der Waals surface area contributed by atoms with Crippen LogP contribution >= 0.6 is 0 Å². The van der Waals surface area contributed by atoms with Crippen molar-refractivity contribution < 1.29 is 44.4 Å². The predicted octanol–water partition coefficient (Wildman–Crippen LogP) is -0.353. The van der Waals surface area contributed by atoms with Gasteiger partial charge in [0.15, 0.2) is 0 Å². The van der Waals surface area contributed by atoms with Crippen LogP contribution in [0.15, 0.2) is 0 Å². The molecule has 0 aliphatic carbocycles. The largest absolute Gasteiger partial charge is 0.328 e. The predicted molar refractivity (Wildman–Crippen MR) is 8.78 cm³/mol. The minimum Gasteiger partial charge on any atom is -0.328 e. The Bertz CT molecular complexity index is 31.8. The third-order valence-corrected chi connectivity index (χ3v) is 0. The molecule has 0 bridgehead atoms. The van der Waals surface area contributed by atoms with Gasteiger partial charge in [0.2, 0.25) is 0 Å². The van der Waals surface area contributed by atoms with Gasteiger partial charge in [-0.2, -0.15) is 0 Å². The van der Waals surface area contributed by atoms with Crippen LogP contribution in [0.25, 0.3) is 0 Å². The van der Waals surface area contributed by atoms with Crippen molar-refractivity contribution in [2.45, 2.75) is 0 Å². The summed E-state index contributed by atoms with van der Waals surface area (Å²) in [4.78, 5) is 8.36. The zero-order chi connectivity index (χ0) is 3.58. The van der Waals surface area contributed by atoms with Gasteiger partial charge >= 0.3 is 0 Å². The fraction of sp³-hybridized carbons (Fsp3) is 0. The van der Waals surface area contributed by atoms with E-state index in [9.17, 15) is 0 Å². The number of hydrogen-bond donors (Lipinski definition) is 1. The van der Waals surface area contributed by atoms with E-state index >= 15 is 0 Å². The Kier molecular flexibility index (Phi) is 24.4. The van der Waals surface area contributed by atoms with Crippen molar-refractivity contribution in [2.75, 3.05) is 0 Å². The Balaban J connectivity index is -0.0000000450. The molecule has 0 aromatic rings. The molecule has 0 aliphatic rings. The van der Waals surface area contributed by atoms with Gasteiger partial charge in [0.25, 0.3) is 5.09 Å². The quantitative estimate of drug-likeness (QED) is 0.310. The molecule has 1 N–H and O–H groups in total. The smallest absolute Gasteiger partial charge is 0.291 e. The fourth-order valence-electron chi connectivity index (χ4n) is 0. The molecule has 6 heteroatoms. The molecule has 0 heterocycles. The summed E-state index contributed by atoms with van der Waals surface area (Å²) in [5, 5.41) is 13.6. The van der Waals surface area contributed by atoms with Crippen LogP contribution < -0.4 is 0 Å². The van der Waals surface area contributed by atoms with Gasteiger partial charge in [-0.15, -0.1) is 10.1 Å². The van der Waals surface area contributed by atoms with Crippen LogP contribution in [-0.4, -0.2) is 10.3 Å². The molecule has 40 valence electrons. The summed E-state index contributed by atoms with van der Waals surface area (Å²) in [6.45, 7) is 0. The molecule has 0 rings (SSSR count). The summed E-state index contributed by atoms with van der Waals surface area (Å²) in [6.07, 6.45) is 0. The van der Waals surface area contributed by atoms with Gasteiger partial charge in [0, 0.05) is 34.1 Å². The first-order valence-corrected chi connectivity index (χ1v) is 0.565. The van der Waals surface area contributed by atoms with Gasteiger partial charge in [-0.05, 0) is 0 Å². The van der Waals surface area contributed by atoms with E-state index in [2.05, 4.69) is 0 Å². The third-order valence-electron chi connectivity index (χ3n) is 0. The van der Waals surface area contributed by atoms with Crippen LogP contribution in [0.4, 0.5) is 0 Å². The summed E-state index contributed by atoms with van der Waals surface area (Å²) >= 11 is 0. The molecule has 0 saturated carbocycles. The minimum absolute atomic E-state index is 0. The van der Waals surface area contributed by atoms with Crippen LogP contribution in [-0.2, 0) is 34.1 Å². The molecule has 0 unspecified atom stereocenters. The van der Waals surface area contributed by atoms with E-state index in [1.165, 1.54) is 0 Å². The maximum absolute atomic E-state index is 8.36. The molecule has 0 amide bonds. The molecular weight excluding hydrogens is 174 g/mol. The molecule has 0 fully saturated rings. The van der Waals surface area contributed by atoms with Gasteiger partial charge in [0.05, 0.1) is 0 Å². The molecule has 4 nitrogen and oxygen atoms in total. The zero-order valence-electron chi connectivity index (χ0n) is 2.42. The maximum Gasteiger partial charge on any atom is 0.291 e. The first-order chi connectivity index (χ1) is 1.73. The van der Waals surface area contributed by atoms with Crippen LogP contribution in [0.3, 0.4) is 0 Å². The average molecular weight is 175 g/mol. The van der Waals surface area contributed by atoms with Crippen molar-refractivity contribution in [1.29, 1.82) is 0 Å². The normalized spacial score (nSPS) is 4.00. The summed E-state index contributed by atoms with van der Waals surface area (Å²) in [7, 11) is 0. The van der Waals surface area contributed by atoms with Crippen molar-refractivity contribution in [2.24, 2.45) is 0 Å². The summed E-state index contributed by atoms with van der Waals surface area (Å²) in [5.74, 6) is 0. The molecule has 0 spiro atoms. The van der Waals surface area contributed by atoms with E-state index in [0.717, 1.165) is 0 Å². The van der Waals surface area contributed by atoms with Gasteiger partial charge in [-0.1, -0.05) is 0 Å². The van der Waals surface area contributed by atoms with Crippen LogP contribution in [0.2, 0.25) is 0 Å².